The molecule has 3 heterocycles. The van der Waals surface area contributed by atoms with E-state index in [4.69, 9.17) is 8.83 Å². The van der Waals surface area contributed by atoms with Gasteiger partial charge in [0.15, 0.2) is 5.58 Å². The fourth-order valence-corrected chi connectivity index (χ4v) is 6.38. The molecule has 0 bridgehead atoms. The summed E-state index contributed by atoms with van der Waals surface area (Å²) >= 11 is 0. The number of aromatic nitrogens is 1. The minimum absolute atomic E-state index is 0.322. The van der Waals surface area contributed by atoms with Crippen molar-refractivity contribution >= 4 is 65.5 Å². The maximum Gasteiger partial charge on any atom is 0.344 e. The normalized spacial score (nSPS) is 12.0. The summed E-state index contributed by atoms with van der Waals surface area (Å²) in [6.45, 7) is 0. The fraction of sp³-hybridized carbons (Fsp3) is 0. The molecule has 0 N–H and O–H groups in total. The number of hydrogen-bond donors (Lipinski definition) is 0. The molecule has 0 radical (unpaired) electrons. The summed E-state index contributed by atoms with van der Waals surface area (Å²) in [6.07, 6.45) is 0. The lowest BCUT2D eigenvalue weighted by Crippen LogP contribution is -2.00. The van der Waals surface area contributed by atoms with Gasteiger partial charge in [-0.2, -0.15) is 0 Å². The van der Waals surface area contributed by atoms with Crippen LogP contribution >= 0.6 is 0 Å². The lowest BCUT2D eigenvalue weighted by molar-refractivity contribution is 0.569. The Morgan fingerprint density at radius 1 is 0.439 bits per heavy atom. The Morgan fingerprint density at radius 3 is 1.88 bits per heavy atom. The molecule has 0 aliphatic heterocycles. The second-order valence-electron chi connectivity index (χ2n) is 10.5. The van der Waals surface area contributed by atoms with E-state index in [-0.39, 0.29) is 5.63 Å². The van der Waals surface area contributed by atoms with Gasteiger partial charge in [0.1, 0.15) is 11.2 Å². The average molecular weight is 528 g/mol. The monoisotopic (exact) mass is 527 g/mol. The lowest BCUT2D eigenvalue weighted by Gasteiger charge is -2.09. The van der Waals surface area contributed by atoms with Crippen molar-refractivity contribution in [1.29, 1.82) is 0 Å². The Balaban J connectivity index is 1.29. The van der Waals surface area contributed by atoms with Gasteiger partial charge >= 0.3 is 5.63 Å². The highest BCUT2D eigenvalue weighted by Crippen LogP contribution is 2.39. The van der Waals surface area contributed by atoms with Crippen LogP contribution in [0.15, 0.2) is 141 Å². The van der Waals surface area contributed by atoms with Crippen LogP contribution in [-0.4, -0.2) is 4.57 Å². The summed E-state index contributed by atoms with van der Waals surface area (Å²) < 4.78 is 14.3. The molecule has 9 rings (SSSR count). The van der Waals surface area contributed by atoms with Crippen LogP contribution in [0.2, 0.25) is 0 Å². The molecule has 3 aromatic heterocycles. The highest BCUT2D eigenvalue weighted by Gasteiger charge is 2.18. The van der Waals surface area contributed by atoms with E-state index in [1.165, 1.54) is 0 Å². The Labute approximate surface area is 233 Å². The standard InChI is InChI=1S/C37H21NO3/c39-37-30-21-22(16-18-24(30)26-9-2-6-15-35(26)41-37)23-17-19-32-29(20-23)25-8-1-4-12-31(25)38(32)33-13-7-11-28-27-10-3-5-14-34(27)40-36(28)33/h1-21H. The van der Waals surface area contributed by atoms with Crippen molar-refractivity contribution in [3.05, 3.63) is 138 Å². The van der Waals surface area contributed by atoms with Crippen molar-refractivity contribution < 1.29 is 8.83 Å². The highest BCUT2D eigenvalue weighted by molar-refractivity contribution is 6.13. The van der Waals surface area contributed by atoms with Gasteiger partial charge in [-0.1, -0.05) is 84.9 Å². The Kier molecular flexibility index (Phi) is 4.44. The first-order valence-corrected chi connectivity index (χ1v) is 13.6. The molecule has 0 amide bonds. The molecule has 41 heavy (non-hydrogen) atoms. The van der Waals surface area contributed by atoms with Crippen LogP contribution in [0.1, 0.15) is 0 Å². The minimum atomic E-state index is -0.322. The van der Waals surface area contributed by atoms with E-state index >= 15 is 0 Å². The first-order chi connectivity index (χ1) is 20.2. The second kappa shape index (κ2) is 8.20. The molecule has 0 fully saturated rings. The summed E-state index contributed by atoms with van der Waals surface area (Å²) in [7, 11) is 0. The quantitative estimate of drug-likeness (QED) is 0.166. The average Bonchev–Trinajstić information content (AvgIpc) is 3.57. The van der Waals surface area contributed by atoms with Crippen LogP contribution in [0.5, 0.6) is 0 Å². The number of benzene rings is 6. The zero-order chi connectivity index (χ0) is 27.1. The molecule has 6 aromatic carbocycles. The van der Waals surface area contributed by atoms with Gasteiger partial charge in [-0.15, -0.1) is 0 Å². The van der Waals surface area contributed by atoms with E-state index in [1.807, 2.05) is 54.6 Å². The molecule has 4 heteroatoms. The first-order valence-electron chi connectivity index (χ1n) is 13.6. The summed E-state index contributed by atoms with van der Waals surface area (Å²) in [4.78, 5) is 12.9. The molecule has 9 aromatic rings. The third kappa shape index (κ3) is 3.13. The second-order valence-corrected chi connectivity index (χ2v) is 10.5. The fourth-order valence-electron chi connectivity index (χ4n) is 6.38. The molecule has 0 unspecified atom stereocenters. The van der Waals surface area contributed by atoms with E-state index in [1.54, 1.807) is 0 Å². The van der Waals surface area contributed by atoms with Crippen LogP contribution in [0.25, 0.3) is 82.3 Å². The van der Waals surface area contributed by atoms with Crippen LogP contribution < -0.4 is 5.63 Å². The van der Waals surface area contributed by atoms with Gasteiger partial charge < -0.3 is 13.4 Å². The maximum atomic E-state index is 12.9. The minimum Gasteiger partial charge on any atom is -0.454 e. The van der Waals surface area contributed by atoms with Crippen molar-refractivity contribution in [3.8, 4) is 16.8 Å². The lowest BCUT2D eigenvalue weighted by atomic mass is 9.99. The Bertz CT molecular complexity index is 2560. The van der Waals surface area contributed by atoms with E-state index in [9.17, 15) is 4.79 Å². The number of hydrogen-bond acceptors (Lipinski definition) is 3. The van der Waals surface area contributed by atoms with Crippen LogP contribution in [0.4, 0.5) is 0 Å². The zero-order valence-electron chi connectivity index (χ0n) is 21.8. The topological polar surface area (TPSA) is 48.3 Å². The van der Waals surface area contributed by atoms with Crippen LogP contribution in [0.3, 0.4) is 0 Å². The van der Waals surface area contributed by atoms with Gasteiger partial charge in [-0.3, -0.25) is 0 Å². The van der Waals surface area contributed by atoms with Crippen molar-refractivity contribution in [1.82, 2.24) is 4.57 Å². The Hall–Kier alpha value is -5.61. The SMILES string of the molecule is O=c1oc2ccccc2c2ccc(-c3ccc4c(c3)c3ccccc3n4-c3cccc4c3oc3ccccc34)cc12. The zero-order valence-corrected chi connectivity index (χ0v) is 21.8. The van der Waals surface area contributed by atoms with E-state index in [2.05, 4.69) is 77.4 Å². The first kappa shape index (κ1) is 22.2. The molecule has 0 saturated carbocycles. The molecule has 0 aliphatic rings. The number of rotatable bonds is 2. The van der Waals surface area contributed by atoms with Crippen molar-refractivity contribution in [2.45, 2.75) is 0 Å². The van der Waals surface area contributed by atoms with Gasteiger partial charge in [0.05, 0.1) is 22.1 Å². The molecule has 4 nitrogen and oxygen atoms in total. The predicted octanol–water partition coefficient (Wildman–Crippen LogP) is 9.61. The number of furan rings is 1. The molecule has 0 atom stereocenters. The summed E-state index contributed by atoms with van der Waals surface area (Å²) in [5, 5.41) is 6.93. The smallest absolute Gasteiger partial charge is 0.344 e. The van der Waals surface area contributed by atoms with Crippen LogP contribution in [-0.2, 0) is 0 Å². The van der Waals surface area contributed by atoms with Gasteiger partial charge in [0.2, 0.25) is 0 Å². The molecule has 0 spiro atoms. The maximum absolute atomic E-state index is 12.9. The van der Waals surface area contributed by atoms with E-state index in [0.717, 1.165) is 71.3 Å². The predicted molar refractivity (Wildman–Crippen MR) is 167 cm³/mol. The molecular formula is C37H21NO3. The molecule has 0 aliphatic carbocycles. The summed E-state index contributed by atoms with van der Waals surface area (Å²) in [5.41, 5.74) is 7.25. The molecule has 192 valence electrons. The van der Waals surface area contributed by atoms with Gasteiger partial charge in [-0.25, -0.2) is 4.79 Å². The molecule has 0 saturated heterocycles. The number of fused-ring (bicyclic) bond motifs is 9. The largest absolute Gasteiger partial charge is 0.454 e. The number of para-hydroxylation sites is 4. The third-order valence-electron chi connectivity index (χ3n) is 8.25. The van der Waals surface area contributed by atoms with Crippen LogP contribution in [0, 0.1) is 0 Å². The van der Waals surface area contributed by atoms with Gasteiger partial charge in [0, 0.05) is 26.9 Å². The van der Waals surface area contributed by atoms with Gasteiger partial charge in [-0.05, 0) is 59.0 Å². The van der Waals surface area contributed by atoms with Crippen molar-refractivity contribution in [3.63, 3.8) is 0 Å². The molecular weight excluding hydrogens is 506 g/mol. The Morgan fingerprint density at radius 2 is 1.05 bits per heavy atom. The van der Waals surface area contributed by atoms with Crippen molar-refractivity contribution in [2.75, 3.05) is 0 Å². The third-order valence-corrected chi connectivity index (χ3v) is 8.25. The highest BCUT2D eigenvalue weighted by atomic mass is 16.4. The number of nitrogens with zero attached hydrogens (tertiary/aromatic N) is 1. The van der Waals surface area contributed by atoms with E-state index < -0.39 is 0 Å². The van der Waals surface area contributed by atoms with Gasteiger partial charge in [0.25, 0.3) is 0 Å². The van der Waals surface area contributed by atoms with Crippen molar-refractivity contribution in [2.24, 2.45) is 0 Å². The van der Waals surface area contributed by atoms with E-state index in [0.29, 0.717) is 11.0 Å². The summed E-state index contributed by atoms with van der Waals surface area (Å²) in [5.74, 6) is 0. The summed E-state index contributed by atoms with van der Waals surface area (Å²) in [6, 6.07) is 43.2.